The molecule has 1 atom stereocenters. The van der Waals surface area contributed by atoms with Gasteiger partial charge < -0.3 is 5.32 Å². The quantitative estimate of drug-likeness (QED) is 0.741. The lowest BCUT2D eigenvalue weighted by molar-refractivity contribution is -0.146. The van der Waals surface area contributed by atoms with Gasteiger partial charge in [-0.05, 0) is 18.6 Å². The van der Waals surface area contributed by atoms with Crippen molar-refractivity contribution >= 4 is 17.5 Å². The number of nitrogens with one attached hydrogen (secondary N) is 1. The first-order valence-electron chi connectivity index (χ1n) is 5.15. The topological polar surface area (TPSA) is 62.3 Å². The van der Waals surface area contributed by atoms with E-state index >= 15 is 0 Å². The van der Waals surface area contributed by atoms with Crippen LogP contribution in [0.2, 0.25) is 0 Å². The molecular weight excluding hydrogens is 206 g/mol. The molecule has 0 saturated carbocycles. The first-order valence-corrected chi connectivity index (χ1v) is 5.15. The lowest BCUT2D eigenvalue weighted by Crippen LogP contribution is -2.48. The minimum absolute atomic E-state index is 0.113. The van der Waals surface area contributed by atoms with Gasteiger partial charge in [0.1, 0.15) is 6.04 Å². The minimum Gasteiger partial charge on any atom is -0.374 e. The number of imide groups is 1. The molecule has 0 radical (unpaired) electrons. The Balaban J connectivity index is 2.06. The van der Waals surface area contributed by atoms with Gasteiger partial charge in [-0.3, -0.25) is 19.5 Å². The van der Waals surface area contributed by atoms with Crippen LogP contribution in [0, 0.1) is 0 Å². The summed E-state index contributed by atoms with van der Waals surface area (Å²) in [5, 5.41) is 3.10. The van der Waals surface area contributed by atoms with Gasteiger partial charge in [0.05, 0.1) is 0 Å². The largest absolute Gasteiger partial charge is 0.374 e. The number of likely N-dealkylation sites (N-methyl/N-ethyl adjacent to an activating group) is 1. The van der Waals surface area contributed by atoms with Crippen LogP contribution in [0.5, 0.6) is 0 Å². The van der Waals surface area contributed by atoms with Gasteiger partial charge in [0.25, 0.3) is 5.91 Å². The van der Waals surface area contributed by atoms with E-state index in [2.05, 4.69) is 10.3 Å². The Labute approximate surface area is 93.5 Å². The van der Waals surface area contributed by atoms with Crippen molar-refractivity contribution in [3.05, 3.63) is 24.5 Å². The van der Waals surface area contributed by atoms with E-state index in [9.17, 15) is 9.59 Å². The number of hydrogen-bond acceptors (Lipinski definition) is 4. The maximum Gasteiger partial charge on any atom is 0.251 e. The highest BCUT2D eigenvalue weighted by Crippen LogP contribution is 2.16. The molecule has 5 nitrogen and oxygen atoms in total. The Hall–Kier alpha value is -1.91. The number of carbonyl (C=O) groups is 2. The number of likely N-dealkylation sites (tertiary alicyclic amines) is 1. The smallest absolute Gasteiger partial charge is 0.251 e. The Morgan fingerprint density at radius 2 is 2.06 bits per heavy atom. The molecule has 1 aliphatic rings. The van der Waals surface area contributed by atoms with Gasteiger partial charge in [0.15, 0.2) is 0 Å². The maximum atomic E-state index is 11.8. The zero-order valence-electron chi connectivity index (χ0n) is 9.01. The van der Waals surface area contributed by atoms with Crippen LogP contribution in [0.1, 0.15) is 12.8 Å². The van der Waals surface area contributed by atoms with Gasteiger partial charge in [-0.2, -0.15) is 0 Å². The van der Waals surface area contributed by atoms with Crippen molar-refractivity contribution in [2.45, 2.75) is 18.9 Å². The number of anilines is 1. The second-order valence-corrected chi connectivity index (χ2v) is 3.76. The molecular formula is C11H13N3O2. The molecule has 84 valence electrons. The molecule has 16 heavy (non-hydrogen) atoms. The first-order chi connectivity index (χ1) is 7.68. The standard InChI is InChI=1S/C11H13N3O2/c1-14-10(15)3-2-9(11(14)16)13-8-4-6-12-7-5-8/h4-7,9H,2-3H2,1H3,(H,12,13). The highest BCUT2D eigenvalue weighted by Gasteiger charge is 2.31. The predicted octanol–water partition coefficient (Wildman–Crippen LogP) is 0.641. The number of amides is 2. The third-order valence-electron chi connectivity index (χ3n) is 2.67. The van der Waals surface area contributed by atoms with Crippen molar-refractivity contribution < 1.29 is 9.59 Å². The van der Waals surface area contributed by atoms with Crippen LogP contribution >= 0.6 is 0 Å². The van der Waals surface area contributed by atoms with E-state index in [1.165, 1.54) is 11.9 Å². The molecule has 1 aromatic heterocycles. The molecule has 2 amide bonds. The average molecular weight is 219 g/mol. The molecule has 0 aliphatic carbocycles. The van der Waals surface area contributed by atoms with Gasteiger partial charge >= 0.3 is 0 Å². The zero-order chi connectivity index (χ0) is 11.5. The fourth-order valence-electron chi connectivity index (χ4n) is 1.70. The zero-order valence-corrected chi connectivity index (χ0v) is 9.01. The summed E-state index contributed by atoms with van der Waals surface area (Å²) in [4.78, 5) is 28.1. The molecule has 5 heteroatoms. The van der Waals surface area contributed by atoms with Crippen molar-refractivity contribution in [2.75, 3.05) is 12.4 Å². The van der Waals surface area contributed by atoms with Gasteiger partial charge in [0.2, 0.25) is 5.91 Å². The van der Waals surface area contributed by atoms with E-state index in [-0.39, 0.29) is 17.9 Å². The molecule has 1 aromatic rings. The van der Waals surface area contributed by atoms with Crippen molar-refractivity contribution in [3.63, 3.8) is 0 Å². The van der Waals surface area contributed by atoms with Crippen LogP contribution in [-0.4, -0.2) is 34.8 Å². The maximum absolute atomic E-state index is 11.8. The van der Waals surface area contributed by atoms with E-state index in [1.807, 2.05) is 0 Å². The van der Waals surface area contributed by atoms with E-state index in [1.54, 1.807) is 24.5 Å². The number of aromatic nitrogens is 1. The number of carbonyl (C=O) groups excluding carboxylic acids is 2. The second-order valence-electron chi connectivity index (χ2n) is 3.76. The molecule has 1 N–H and O–H groups in total. The molecule has 1 fully saturated rings. The molecule has 0 aromatic carbocycles. The third kappa shape index (κ3) is 2.03. The average Bonchev–Trinajstić information content (AvgIpc) is 2.31. The van der Waals surface area contributed by atoms with Crippen molar-refractivity contribution in [1.29, 1.82) is 0 Å². The number of nitrogens with zero attached hydrogens (tertiary/aromatic N) is 2. The Morgan fingerprint density at radius 3 is 2.75 bits per heavy atom. The second kappa shape index (κ2) is 4.30. The number of hydrogen-bond donors (Lipinski definition) is 1. The first kappa shape index (κ1) is 10.6. The van der Waals surface area contributed by atoms with E-state index in [0.717, 1.165) is 5.69 Å². The summed E-state index contributed by atoms with van der Waals surface area (Å²) in [6.45, 7) is 0. The summed E-state index contributed by atoms with van der Waals surface area (Å²) < 4.78 is 0. The van der Waals surface area contributed by atoms with Gasteiger partial charge in [-0.25, -0.2) is 0 Å². The molecule has 2 heterocycles. The fourth-order valence-corrected chi connectivity index (χ4v) is 1.70. The monoisotopic (exact) mass is 219 g/mol. The Bertz CT molecular complexity index is 405. The molecule has 1 unspecified atom stereocenters. The van der Waals surface area contributed by atoms with E-state index < -0.39 is 0 Å². The summed E-state index contributed by atoms with van der Waals surface area (Å²) in [6.07, 6.45) is 4.27. The summed E-state index contributed by atoms with van der Waals surface area (Å²) in [6, 6.07) is 3.28. The molecule has 1 saturated heterocycles. The van der Waals surface area contributed by atoms with Crippen LogP contribution in [0.25, 0.3) is 0 Å². The summed E-state index contributed by atoms with van der Waals surface area (Å²) >= 11 is 0. The SMILES string of the molecule is CN1C(=O)CCC(Nc2ccncc2)C1=O. The van der Waals surface area contributed by atoms with Crippen molar-refractivity contribution in [2.24, 2.45) is 0 Å². The van der Waals surface area contributed by atoms with Crippen LogP contribution in [-0.2, 0) is 9.59 Å². The summed E-state index contributed by atoms with van der Waals surface area (Å²) in [5.41, 5.74) is 0.844. The molecule has 2 rings (SSSR count). The third-order valence-corrected chi connectivity index (χ3v) is 2.67. The summed E-state index contributed by atoms with van der Waals surface area (Å²) in [5.74, 6) is -0.286. The fraction of sp³-hybridized carbons (Fsp3) is 0.364. The van der Waals surface area contributed by atoms with E-state index in [0.29, 0.717) is 12.8 Å². The van der Waals surface area contributed by atoms with Crippen molar-refractivity contribution in [3.8, 4) is 0 Å². The molecule has 0 spiro atoms. The Morgan fingerprint density at radius 1 is 1.38 bits per heavy atom. The number of piperidine rings is 1. The molecule has 0 bridgehead atoms. The minimum atomic E-state index is -0.315. The van der Waals surface area contributed by atoms with Crippen LogP contribution < -0.4 is 5.32 Å². The van der Waals surface area contributed by atoms with Gasteiger partial charge in [-0.1, -0.05) is 0 Å². The van der Waals surface area contributed by atoms with Crippen LogP contribution in [0.3, 0.4) is 0 Å². The normalized spacial score (nSPS) is 21.1. The lowest BCUT2D eigenvalue weighted by Gasteiger charge is -2.28. The molecule has 1 aliphatic heterocycles. The highest BCUT2D eigenvalue weighted by atomic mass is 16.2. The van der Waals surface area contributed by atoms with E-state index in [4.69, 9.17) is 0 Å². The summed E-state index contributed by atoms with van der Waals surface area (Å²) in [7, 11) is 1.52. The Kier molecular flexibility index (Phi) is 2.85. The van der Waals surface area contributed by atoms with Gasteiger partial charge in [-0.15, -0.1) is 0 Å². The van der Waals surface area contributed by atoms with Crippen LogP contribution in [0.4, 0.5) is 5.69 Å². The number of rotatable bonds is 2. The number of pyridine rings is 1. The lowest BCUT2D eigenvalue weighted by atomic mass is 10.0. The van der Waals surface area contributed by atoms with Crippen LogP contribution in [0.15, 0.2) is 24.5 Å². The van der Waals surface area contributed by atoms with Gasteiger partial charge in [0, 0.05) is 31.5 Å². The predicted molar refractivity (Wildman–Crippen MR) is 58.7 cm³/mol. The highest BCUT2D eigenvalue weighted by molar-refractivity contribution is 6.01. The van der Waals surface area contributed by atoms with Crippen molar-refractivity contribution in [1.82, 2.24) is 9.88 Å².